The Morgan fingerprint density at radius 3 is 2.81 bits per heavy atom. The van der Waals surface area contributed by atoms with E-state index in [2.05, 4.69) is 15.3 Å². The van der Waals surface area contributed by atoms with E-state index in [0.717, 1.165) is 22.1 Å². The van der Waals surface area contributed by atoms with Gasteiger partial charge in [-0.1, -0.05) is 41.7 Å². The van der Waals surface area contributed by atoms with Gasteiger partial charge in [-0.15, -0.1) is 10.2 Å². The number of fused-ring (bicyclic) bond motifs is 2. The van der Waals surface area contributed by atoms with Crippen LogP contribution in [0.15, 0.2) is 48.5 Å². The molecule has 1 aliphatic rings. The second-order valence-electron chi connectivity index (χ2n) is 6.17. The number of hydrogen-bond donors (Lipinski definition) is 0. The molecule has 5 rings (SSSR count). The fourth-order valence-electron chi connectivity index (χ4n) is 2.94. The highest BCUT2D eigenvalue weighted by atomic mass is 32.1. The molecular weight excluding hydrogens is 364 g/mol. The molecule has 0 aliphatic carbocycles. The van der Waals surface area contributed by atoms with Gasteiger partial charge in [-0.3, -0.25) is 0 Å². The van der Waals surface area contributed by atoms with Crippen LogP contribution >= 0.6 is 11.3 Å². The van der Waals surface area contributed by atoms with E-state index < -0.39 is 0 Å². The van der Waals surface area contributed by atoms with E-state index in [0.29, 0.717) is 29.7 Å². The molecule has 7 nitrogen and oxygen atoms in total. The van der Waals surface area contributed by atoms with E-state index >= 15 is 0 Å². The van der Waals surface area contributed by atoms with Crippen molar-refractivity contribution in [2.75, 3.05) is 6.61 Å². The summed E-state index contributed by atoms with van der Waals surface area (Å²) in [6.45, 7) is 2.76. The Labute approximate surface area is 159 Å². The molecule has 0 amide bonds. The van der Waals surface area contributed by atoms with E-state index in [1.165, 1.54) is 11.3 Å². The molecule has 0 saturated heterocycles. The second-order valence-corrected chi connectivity index (χ2v) is 7.21. The maximum atomic E-state index is 6.02. The molecule has 136 valence electrons. The molecule has 0 radical (unpaired) electrons. The molecule has 0 spiro atoms. The lowest BCUT2D eigenvalue weighted by molar-refractivity contribution is 0.0835. The second kappa shape index (κ2) is 6.55. The molecule has 1 aliphatic heterocycles. The molecule has 0 bridgehead atoms. The van der Waals surface area contributed by atoms with Crippen molar-refractivity contribution in [3.63, 3.8) is 0 Å². The molecule has 2 aromatic heterocycles. The largest absolute Gasteiger partial charge is 0.486 e. The van der Waals surface area contributed by atoms with Gasteiger partial charge in [0.25, 0.3) is 0 Å². The fourth-order valence-corrected chi connectivity index (χ4v) is 3.69. The van der Waals surface area contributed by atoms with Crippen molar-refractivity contribution in [2.24, 2.45) is 0 Å². The standard InChI is InChI=1S/C19H16N4O3S/c1-12-6-2-3-7-13(12)25-11-17-22-23-18(20-21-19(23)27-17)16-10-24-14-8-4-5-9-15(14)26-16/h2-9,16H,10-11H2,1H3. The zero-order valence-corrected chi connectivity index (χ0v) is 15.3. The normalized spacial score (nSPS) is 15.8. The Kier molecular flexibility index (Phi) is 3.90. The van der Waals surface area contributed by atoms with Crippen LogP contribution in [0.5, 0.6) is 17.2 Å². The predicted molar refractivity (Wildman–Crippen MR) is 99.5 cm³/mol. The highest BCUT2D eigenvalue weighted by Crippen LogP contribution is 2.35. The molecular formula is C19H16N4O3S. The smallest absolute Gasteiger partial charge is 0.234 e. The summed E-state index contributed by atoms with van der Waals surface area (Å²) >= 11 is 1.45. The number of para-hydroxylation sites is 3. The van der Waals surface area contributed by atoms with E-state index in [1.807, 2.05) is 55.5 Å². The van der Waals surface area contributed by atoms with Crippen LogP contribution in [0.4, 0.5) is 0 Å². The molecule has 0 fully saturated rings. The van der Waals surface area contributed by atoms with Crippen LogP contribution < -0.4 is 14.2 Å². The van der Waals surface area contributed by atoms with Crippen LogP contribution in [0.1, 0.15) is 22.5 Å². The average Bonchev–Trinajstić information content (AvgIpc) is 3.27. The molecule has 27 heavy (non-hydrogen) atoms. The van der Waals surface area contributed by atoms with Crippen molar-refractivity contribution in [2.45, 2.75) is 19.6 Å². The quantitative estimate of drug-likeness (QED) is 0.539. The highest BCUT2D eigenvalue weighted by Gasteiger charge is 2.28. The van der Waals surface area contributed by atoms with Crippen molar-refractivity contribution in [1.29, 1.82) is 0 Å². The molecule has 1 atom stereocenters. The number of ether oxygens (including phenoxy) is 3. The number of aryl methyl sites for hydroxylation is 1. The monoisotopic (exact) mass is 380 g/mol. The van der Waals surface area contributed by atoms with Gasteiger partial charge < -0.3 is 14.2 Å². The maximum absolute atomic E-state index is 6.02. The van der Waals surface area contributed by atoms with E-state index in [1.54, 1.807) is 4.52 Å². The van der Waals surface area contributed by atoms with Crippen molar-refractivity contribution in [3.05, 3.63) is 64.9 Å². The summed E-state index contributed by atoms with van der Waals surface area (Å²) in [6, 6.07) is 15.5. The van der Waals surface area contributed by atoms with Crippen molar-refractivity contribution >= 4 is 16.3 Å². The van der Waals surface area contributed by atoms with Crippen LogP contribution in [0, 0.1) is 6.92 Å². The van der Waals surface area contributed by atoms with Gasteiger partial charge in [-0.2, -0.15) is 9.61 Å². The Bertz CT molecular complexity index is 1110. The van der Waals surface area contributed by atoms with Crippen LogP contribution in [0.25, 0.3) is 4.96 Å². The lowest BCUT2D eigenvalue weighted by Gasteiger charge is -2.24. The summed E-state index contributed by atoms with van der Waals surface area (Å²) in [4.78, 5) is 0.704. The maximum Gasteiger partial charge on any atom is 0.234 e. The van der Waals surface area contributed by atoms with Crippen LogP contribution in [-0.4, -0.2) is 26.4 Å². The average molecular weight is 380 g/mol. The summed E-state index contributed by atoms with van der Waals surface area (Å²) < 4.78 is 19.4. The van der Waals surface area contributed by atoms with Gasteiger partial charge in [-0.05, 0) is 30.7 Å². The minimum atomic E-state index is -0.359. The predicted octanol–water partition coefficient (Wildman–Crippen LogP) is 3.59. The molecule has 2 aromatic carbocycles. The summed E-state index contributed by atoms with van der Waals surface area (Å²) in [5, 5.41) is 13.9. The Morgan fingerprint density at radius 2 is 1.93 bits per heavy atom. The van der Waals surface area contributed by atoms with Crippen LogP contribution in [-0.2, 0) is 6.61 Å². The summed E-state index contributed by atoms with van der Waals surface area (Å²) in [5.41, 5.74) is 1.09. The number of hydrogen-bond acceptors (Lipinski definition) is 7. The Hall–Kier alpha value is -3.13. The summed E-state index contributed by atoms with van der Waals surface area (Å²) in [6.07, 6.45) is -0.359. The molecule has 4 aromatic rings. The van der Waals surface area contributed by atoms with E-state index in [-0.39, 0.29) is 6.10 Å². The van der Waals surface area contributed by atoms with Gasteiger partial charge in [0.1, 0.15) is 19.0 Å². The number of aromatic nitrogens is 4. The van der Waals surface area contributed by atoms with Gasteiger partial charge in [0, 0.05) is 0 Å². The zero-order chi connectivity index (χ0) is 18.2. The molecule has 0 N–H and O–H groups in total. The lowest BCUT2D eigenvalue weighted by atomic mass is 10.2. The third kappa shape index (κ3) is 2.97. The van der Waals surface area contributed by atoms with Crippen molar-refractivity contribution in [3.8, 4) is 17.2 Å². The summed E-state index contributed by atoms with van der Waals surface area (Å²) in [5.74, 6) is 2.91. The SMILES string of the molecule is Cc1ccccc1OCc1nn2c(C3COc4ccccc4O3)nnc2s1. The van der Waals surface area contributed by atoms with Crippen LogP contribution in [0.2, 0.25) is 0 Å². The number of nitrogens with zero attached hydrogens (tertiary/aromatic N) is 4. The van der Waals surface area contributed by atoms with E-state index in [4.69, 9.17) is 14.2 Å². The Balaban J connectivity index is 1.37. The van der Waals surface area contributed by atoms with Crippen molar-refractivity contribution in [1.82, 2.24) is 19.8 Å². The first-order valence-corrected chi connectivity index (χ1v) is 9.37. The van der Waals surface area contributed by atoms with Gasteiger partial charge in [0.05, 0.1) is 0 Å². The fraction of sp³-hybridized carbons (Fsp3) is 0.211. The molecule has 1 unspecified atom stereocenters. The minimum Gasteiger partial charge on any atom is -0.486 e. The van der Waals surface area contributed by atoms with E-state index in [9.17, 15) is 0 Å². The van der Waals surface area contributed by atoms with Crippen molar-refractivity contribution < 1.29 is 14.2 Å². The van der Waals surface area contributed by atoms with Gasteiger partial charge in [-0.25, -0.2) is 0 Å². The molecule has 8 heteroatoms. The Morgan fingerprint density at radius 1 is 1.11 bits per heavy atom. The zero-order valence-electron chi connectivity index (χ0n) is 14.5. The summed E-state index contributed by atoms with van der Waals surface area (Å²) in [7, 11) is 0. The third-order valence-corrected chi connectivity index (χ3v) is 5.17. The topological polar surface area (TPSA) is 70.8 Å². The highest BCUT2D eigenvalue weighted by molar-refractivity contribution is 7.16. The molecule has 0 saturated carbocycles. The minimum absolute atomic E-state index is 0.359. The number of benzene rings is 2. The number of rotatable bonds is 4. The van der Waals surface area contributed by atoms with Gasteiger partial charge >= 0.3 is 0 Å². The first kappa shape index (κ1) is 16.1. The lowest BCUT2D eigenvalue weighted by Crippen LogP contribution is -2.23. The first-order valence-electron chi connectivity index (χ1n) is 8.56. The first-order chi connectivity index (χ1) is 13.3. The van der Waals surface area contributed by atoms with Gasteiger partial charge in [0.2, 0.25) is 4.96 Å². The third-order valence-electron chi connectivity index (χ3n) is 4.30. The molecule has 3 heterocycles. The van der Waals surface area contributed by atoms with Crippen LogP contribution in [0.3, 0.4) is 0 Å². The van der Waals surface area contributed by atoms with Gasteiger partial charge in [0.15, 0.2) is 28.4 Å².